The summed E-state index contributed by atoms with van der Waals surface area (Å²) >= 11 is 0. The Bertz CT molecular complexity index is 699. The Balaban J connectivity index is 2.41. The van der Waals surface area contributed by atoms with Gasteiger partial charge in [-0.1, -0.05) is 30.9 Å². The summed E-state index contributed by atoms with van der Waals surface area (Å²) in [5.74, 6) is 0.640. The first kappa shape index (κ1) is 15.8. The van der Waals surface area contributed by atoms with Crippen molar-refractivity contribution < 1.29 is 4.79 Å². The number of aryl methyl sites for hydroxylation is 1. The van der Waals surface area contributed by atoms with E-state index < -0.39 is 0 Å². The average molecular weight is 295 g/mol. The largest absolute Gasteiger partial charge is 0.345 e. The van der Waals surface area contributed by atoms with Crippen molar-refractivity contribution in [3.8, 4) is 5.69 Å². The topological polar surface area (TPSA) is 46.9 Å². The Morgan fingerprint density at radius 3 is 2.64 bits per heavy atom. The van der Waals surface area contributed by atoms with Crippen LogP contribution in [0.1, 0.15) is 24.1 Å². The molecule has 0 bridgehead atoms. The van der Waals surface area contributed by atoms with Crippen molar-refractivity contribution in [1.82, 2.24) is 14.9 Å². The molecule has 0 saturated carbocycles. The number of aromatic nitrogens is 2. The second-order valence-corrected chi connectivity index (χ2v) is 5.19. The van der Waals surface area contributed by atoms with E-state index in [4.69, 9.17) is 0 Å². The van der Waals surface area contributed by atoms with E-state index >= 15 is 0 Å². The lowest BCUT2D eigenvalue weighted by molar-refractivity contribution is -0.117. The summed E-state index contributed by atoms with van der Waals surface area (Å²) in [6.07, 6.45) is 2.59. The molecule has 1 heterocycles. The molecule has 0 spiro atoms. The number of hydrogen-bond acceptors (Lipinski definition) is 2. The van der Waals surface area contributed by atoms with Crippen molar-refractivity contribution in [3.63, 3.8) is 0 Å². The summed E-state index contributed by atoms with van der Waals surface area (Å²) in [5, 5.41) is 2.84. The van der Waals surface area contributed by atoms with Gasteiger partial charge in [0, 0.05) is 23.4 Å². The second kappa shape index (κ2) is 6.89. The first-order chi connectivity index (χ1) is 10.5. The summed E-state index contributed by atoms with van der Waals surface area (Å²) < 4.78 is 2.08. The maximum Gasteiger partial charge on any atom is 0.246 e. The van der Waals surface area contributed by atoms with Crippen LogP contribution in [0.5, 0.6) is 0 Å². The molecule has 0 aliphatic carbocycles. The lowest BCUT2D eigenvalue weighted by Gasteiger charge is -2.12. The van der Waals surface area contributed by atoms with E-state index in [2.05, 4.69) is 28.0 Å². The molecule has 0 saturated heterocycles. The van der Waals surface area contributed by atoms with Gasteiger partial charge in [-0.2, -0.15) is 0 Å². The van der Waals surface area contributed by atoms with Crippen molar-refractivity contribution in [3.05, 3.63) is 72.4 Å². The first-order valence-electron chi connectivity index (χ1n) is 7.21. The summed E-state index contributed by atoms with van der Waals surface area (Å²) in [7, 11) is 0. The Kier molecular flexibility index (Phi) is 4.94. The maximum absolute atomic E-state index is 11.7. The molecular formula is C18H21N3O. The van der Waals surface area contributed by atoms with Gasteiger partial charge in [-0.25, -0.2) is 4.98 Å². The van der Waals surface area contributed by atoms with Crippen LogP contribution in [0.25, 0.3) is 5.69 Å². The molecule has 1 aromatic carbocycles. The van der Waals surface area contributed by atoms with Crippen LogP contribution in [-0.4, -0.2) is 15.5 Å². The third-order valence-corrected chi connectivity index (χ3v) is 3.39. The van der Waals surface area contributed by atoms with Crippen LogP contribution in [0.15, 0.2) is 55.1 Å². The summed E-state index contributed by atoms with van der Waals surface area (Å²) in [6, 6.07) is 10.00. The fraction of sp³-hybridized carbons (Fsp3) is 0.222. The highest BCUT2D eigenvalue weighted by molar-refractivity contribution is 5.91. The van der Waals surface area contributed by atoms with Gasteiger partial charge in [0.1, 0.15) is 5.82 Å². The minimum atomic E-state index is -0.162. The predicted molar refractivity (Wildman–Crippen MR) is 88.9 cm³/mol. The summed E-state index contributed by atoms with van der Waals surface area (Å²) in [4.78, 5) is 16.3. The molecule has 0 radical (unpaired) electrons. The van der Waals surface area contributed by atoms with Crippen molar-refractivity contribution in [2.75, 3.05) is 0 Å². The fourth-order valence-corrected chi connectivity index (χ4v) is 2.31. The molecule has 1 N–H and O–H groups in total. The van der Waals surface area contributed by atoms with Crippen LogP contribution in [0.4, 0.5) is 0 Å². The van der Waals surface area contributed by atoms with Crippen molar-refractivity contribution >= 4 is 5.91 Å². The molecule has 1 aromatic heterocycles. The second-order valence-electron chi connectivity index (χ2n) is 5.19. The Labute approximate surface area is 131 Å². The van der Waals surface area contributed by atoms with Crippen molar-refractivity contribution in [1.29, 1.82) is 0 Å². The molecule has 0 aliphatic rings. The van der Waals surface area contributed by atoms with Gasteiger partial charge in [0.25, 0.3) is 0 Å². The normalized spacial score (nSPS) is 10.3. The highest BCUT2D eigenvalue weighted by Gasteiger charge is 2.15. The van der Waals surface area contributed by atoms with E-state index in [1.54, 1.807) is 6.92 Å². The maximum atomic E-state index is 11.7. The van der Waals surface area contributed by atoms with Gasteiger partial charge in [0.05, 0.1) is 12.2 Å². The quantitative estimate of drug-likeness (QED) is 0.657. The molecule has 0 aliphatic heterocycles. The van der Waals surface area contributed by atoms with Gasteiger partial charge in [-0.05, 0) is 26.0 Å². The Morgan fingerprint density at radius 2 is 2.05 bits per heavy atom. The van der Waals surface area contributed by atoms with Gasteiger partial charge >= 0.3 is 0 Å². The van der Waals surface area contributed by atoms with Crippen LogP contribution in [0.3, 0.4) is 0 Å². The lowest BCUT2D eigenvalue weighted by Crippen LogP contribution is -2.25. The fourth-order valence-electron chi connectivity index (χ4n) is 2.31. The molecule has 2 rings (SSSR count). The van der Waals surface area contributed by atoms with Gasteiger partial charge in [0.15, 0.2) is 0 Å². The molecule has 4 heteroatoms. The van der Waals surface area contributed by atoms with Gasteiger partial charge in [-0.3, -0.25) is 9.36 Å². The Hall–Kier alpha value is -2.62. The number of allylic oxidation sites excluding steroid dienone is 1. The number of nitrogens with one attached hydrogen (secondary N) is 1. The van der Waals surface area contributed by atoms with Crippen molar-refractivity contribution in [2.24, 2.45) is 0 Å². The van der Waals surface area contributed by atoms with Gasteiger partial charge in [-0.15, -0.1) is 6.58 Å². The Morgan fingerprint density at radius 1 is 1.36 bits per heavy atom. The highest BCUT2D eigenvalue weighted by atomic mass is 16.1. The van der Waals surface area contributed by atoms with E-state index in [-0.39, 0.29) is 5.91 Å². The molecule has 4 nitrogen and oxygen atoms in total. The number of carbonyl (C=O) groups is 1. The minimum absolute atomic E-state index is 0.162. The van der Waals surface area contributed by atoms with Gasteiger partial charge < -0.3 is 5.32 Å². The standard InChI is InChI=1S/C18H21N3O/c1-5-9-16-14(4)20-17(12-19-18(22)13(2)3)21(16)15-10-7-6-8-11-15/h5-8,10-11H,1-2,9,12H2,3-4H3,(H,19,22). The molecule has 0 fully saturated rings. The zero-order valence-electron chi connectivity index (χ0n) is 13.1. The van der Waals surface area contributed by atoms with E-state index in [0.29, 0.717) is 12.1 Å². The first-order valence-corrected chi connectivity index (χ1v) is 7.21. The van der Waals surface area contributed by atoms with Crippen LogP contribution >= 0.6 is 0 Å². The molecule has 0 unspecified atom stereocenters. The summed E-state index contributed by atoms with van der Waals surface area (Å²) in [6.45, 7) is 11.5. The van der Waals surface area contributed by atoms with Crippen LogP contribution in [-0.2, 0) is 17.8 Å². The number of para-hydroxylation sites is 1. The summed E-state index contributed by atoms with van der Waals surface area (Å²) in [5.41, 5.74) is 3.55. The molecule has 1 amide bonds. The lowest BCUT2D eigenvalue weighted by atomic mass is 10.2. The van der Waals surface area contributed by atoms with Crippen LogP contribution in [0.2, 0.25) is 0 Å². The SMILES string of the molecule is C=CCc1c(C)nc(CNC(=O)C(=C)C)n1-c1ccccc1. The molecule has 0 atom stereocenters. The molecule has 22 heavy (non-hydrogen) atoms. The van der Waals surface area contributed by atoms with Crippen LogP contribution < -0.4 is 5.32 Å². The minimum Gasteiger partial charge on any atom is -0.345 e. The zero-order valence-corrected chi connectivity index (χ0v) is 13.1. The van der Waals surface area contributed by atoms with Crippen LogP contribution in [0, 0.1) is 6.92 Å². The van der Waals surface area contributed by atoms with E-state index in [0.717, 1.165) is 29.3 Å². The monoisotopic (exact) mass is 295 g/mol. The number of carbonyl (C=O) groups excluding carboxylic acids is 1. The van der Waals surface area contributed by atoms with E-state index in [1.807, 2.05) is 43.3 Å². The van der Waals surface area contributed by atoms with E-state index in [9.17, 15) is 4.79 Å². The average Bonchev–Trinajstić information content (AvgIpc) is 2.82. The smallest absolute Gasteiger partial charge is 0.246 e. The van der Waals surface area contributed by atoms with Gasteiger partial charge in [0.2, 0.25) is 5.91 Å². The number of nitrogens with zero attached hydrogens (tertiary/aromatic N) is 2. The highest BCUT2D eigenvalue weighted by Crippen LogP contribution is 2.19. The molecule has 114 valence electrons. The number of hydrogen-bond donors (Lipinski definition) is 1. The predicted octanol–water partition coefficient (Wildman–Crippen LogP) is 3.10. The molecule has 2 aromatic rings. The number of amides is 1. The zero-order chi connectivity index (χ0) is 16.1. The van der Waals surface area contributed by atoms with Crippen molar-refractivity contribution in [2.45, 2.75) is 26.8 Å². The molecular weight excluding hydrogens is 274 g/mol. The number of imidazole rings is 1. The van der Waals surface area contributed by atoms with E-state index in [1.165, 1.54) is 0 Å². The number of rotatable bonds is 6. The third kappa shape index (κ3) is 3.34. The number of benzene rings is 1. The third-order valence-electron chi connectivity index (χ3n) is 3.39.